The molecule has 0 aliphatic carbocycles. The van der Waals surface area contributed by atoms with Crippen molar-refractivity contribution < 1.29 is 9.21 Å². The predicted octanol–water partition coefficient (Wildman–Crippen LogP) is 4.79. The van der Waals surface area contributed by atoms with Crippen LogP contribution in [0.15, 0.2) is 47.1 Å². The Bertz CT molecular complexity index is 861. The molecule has 0 atom stereocenters. The van der Waals surface area contributed by atoms with Crippen molar-refractivity contribution in [3.63, 3.8) is 0 Å². The molecule has 0 aliphatic heterocycles. The van der Waals surface area contributed by atoms with Crippen molar-refractivity contribution in [3.05, 3.63) is 64.9 Å². The summed E-state index contributed by atoms with van der Waals surface area (Å²) in [4.78, 5) is 12.4. The van der Waals surface area contributed by atoms with Crippen molar-refractivity contribution in [3.8, 4) is 0 Å². The van der Waals surface area contributed by atoms with Gasteiger partial charge in [-0.15, -0.1) is 0 Å². The number of amides is 1. The van der Waals surface area contributed by atoms with E-state index in [2.05, 4.69) is 30.4 Å². The van der Waals surface area contributed by atoms with Gasteiger partial charge in [0.1, 0.15) is 5.58 Å². The van der Waals surface area contributed by atoms with Gasteiger partial charge in [0.25, 0.3) is 0 Å². The van der Waals surface area contributed by atoms with Crippen molar-refractivity contribution in [2.45, 2.75) is 33.6 Å². The SMILES string of the molecule is CCc1ccc2occ(CC(=O)Nc3ccc(C)cc3C)c2c1. The average molecular weight is 307 g/mol. The molecule has 3 aromatic rings. The molecule has 2 aromatic carbocycles. The highest BCUT2D eigenvalue weighted by atomic mass is 16.3. The minimum Gasteiger partial charge on any atom is -0.464 e. The highest BCUT2D eigenvalue weighted by Crippen LogP contribution is 2.24. The molecule has 23 heavy (non-hydrogen) atoms. The lowest BCUT2D eigenvalue weighted by Gasteiger charge is -2.08. The van der Waals surface area contributed by atoms with Crippen LogP contribution in [0.25, 0.3) is 11.0 Å². The minimum atomic E-state index is -0.0263. The van der Waals surface area contributed by atoms with Crippen LogP contribution in [-0.2, 0) is 17.6 Å². The molecule has 1 N–H and O–H groups in total. The van der Waals surface area contributed by atoms with Gasteiger partial charge in [0.2, 0.25) is 5.91 Å². The first kappa shape index (κ1) is 15.3. The zero-order valence-electron chi connectivity index (χ0n) is 13.8. The first-order chi connectivity index (χ1) is 11.1. The van der Waals surface area contributed by atoms with Gasteiger partial charge >= 0.3 is 0 Å². The second-order valence-electron chi connectivity index (χ2n) is 5.99. The Balaban J connectivity index is 1.80. The van der Waals surface area contributed by atoms with E-state index in [0.717, 1.165) is 34.2 Å². The summed E-state index contributed by atoms with van der Waals surface area (Å²) in [5.74, 6) is -0.0263. The van der Waals surface area contributed by atoms with Crippen molar-refractivity contribution in [2.75, 3.05) is 5.32 Å². The van der Waals surface area contributed by atoms with Crippen LogP contribution in [0.5, 0.6) is 0 Å². The molecular weight excluding hydrogens is 286 g/mol. The van der Waals surface area contributed by atoms with Crippen LogP contribution in [-0.4, -0.2) is 5.91 Å². The normalized spacial score (nSPS) is 10.9. The second kappa shape index (κ2) is 6.29. The first-order valence-corrected chi connectivity index (χ1v) is 7.93. The fourth-order valence-corrected chi connectivity index (χ4v) is 2.81. The van der Waals surface area contributed by atoms with Gasteiger partial charge in [0, 0.05) is 16.6 Å². The van der Waals surface area contributed by atoms with E-state index in [1.165, 1.54) is 11.1 Å². The molecule has 0 spiro atoms. The number of nitrogens with one attached hydrogen (secondary N) is 1. The summed E-state index contributed by atoms with van der Waals surface area (Å²) in [5, 5.41) is 4.02. The molecule has 3 rings (SSSR count). The zero-order valence-corrected chi connectivity index (χ0v) is 13.8. The van der Waals surface area contributed by atoms with E-state index in [1.807, 2.05) is 32.0 Å². The molecule has 0 fully saturated rings. The van der Waals surface area contributed by atoms with Gasteiger partial charge in [-0.1, -0.05) is 30.7 Å². The average Bonchev–Trinajstić information content (AvgIpc) is 2.92. The van der Waals surface area contributed by atoms with Gasteiger partial charge in [-0.3, -0.25) is 4.79 Å². The number of fused-ring (bicyclic) bond motifs is 1. The maximum Gasteiger partial charge on any atom is 0.228 e. The summed E-state index contributed by atoms with van der Waals surface area (Å²) in [7, 11) is 0. The predicted molar refractivity (Wildman–Crippen MR) is 93.8 cm³/mol. The van der Waals surface area contributed by atoms with Crippen LogP contribution in [0, 0.1) is 13.8 Å². The number of carbonyl (C=O) groups is 1. The Morgan fingerprint density at radius 3 is 2.70 bits per heavy atom. The van der Waals surface area contributed by atoms with E-state index in [1.54, 1.807) is 6.26 Å². The number of benzene rings is 2. The number of aryl methyl sites for hydroxylation is 3. The number of anilines is 1. The lowest BCUT2D eigenvalue weighted by Crippen LogP contribution is -2.15. The van der Waals surface area contributed by atoms with Gasteiger partial charge < -0.3 is 9.73 Å². The van der Waals surface area contributed by atoms with Crippen molar-refractivity contribution in [2.24, 2.45) is 0 Å². The molecule has 0 unspecified atom stereocenters. The van der Waals surface area contributed by atoms with E-state index in [9.17, 15) is 4.79 Å². The third-order valence-corrected chi connectivity index (χ3v) is 4.13. The van der Waals surface area contributed by atoms with Crippen molar-refractivity contribution >= 4 is 22.6 Å². The Morgan fingerprint density at radius 2 is 1.96 bits per heavy atom. The summed E-state index contributed by atoms with van der Waals surface area (Å²) in [6.07, 6.45) is 2.97. The van der Waals surface area contributed by atoms with Gasteiger partial charge in [0.05, 0.1) is 12.7 Å². The molecule has 0 bridgehead atoms. The summed E-state index contributed by atoms with van der Waals surface area (Å²) in [6, 6.07) is 12.2. The molecule has 0 saturated carbocycles. The number of hydrogen-bond donors (Lipinski definition) is 1. The molecular formula is C20H21NO2. The van der Waals surface area contributed by atoms with Crippen molar-refractivity contribution in [1.29, 1.82) is 0 Å². The van der Waals surface area contributed by atoms with Crippen LogP contribution in [0.3, 0.4) is 0 Å². The number of rotatable bonds is 4. The molecule has 0 radical (unpaired) electrons. The summed E-state index contributed by atoms with van der Waals surface area (Å²) < 4.78 is 5.56. The van der Waals surface area contributed by atoms with Crippen LogP contribution in [0.1, 0.15) is 29.2 Å². The number of furan rings is 1. The van der Waals surface area contributed by atoms with E-state index >= 15 is 0 Å². The largest absolute Gasteiger partial charge is 0.464 e. The molecule has 118 valence electrons. The molecule has 3 nitrogen and oxygen atoms in total. The monoisotopic (exact) mass is 307 g/mol. The highest BCUT2D eigenvalue weighted by molar-refractivity contribution is 5.95. The summed E-state index contributed by atoms with van der Waals surface area (Å²) >= 11 is 0. The van der Waals surface area contributed by atoms with E-state index in [4.69, 9.17) is 4.42 Å². The lowest BCUT2D eigenvalue weighted by molar-refractivity contribution is -0.115. The van der Waals surface area contributed by atoms with Crippen molar-refractivity contribution in [1.82, 2.24) is 0 Å². The lowest BCUT2D eigenvalue weighted by atomic mass is 10.1. The van der Waals surface area contributed by atoms with E-state index < -0.39 is 0 Å². The molecule has 0 aliphatic rings. The summed E-state index contributed by atoms with van der Waals surface area (Å²) in [5.41, 5.74) is 6.13. The fourth-order valence-electron chi connectivity index (χ4n) is 2.81. The Hall–Kier alpha value is -2.55. The quantitative estimate of drug-likeness (QED) is 0.752. The van der Waals surface area contributed by atoms with Gasteiger partial charge in [-0.2, -0.15) is 0 Å². The smallest absolute Gasteiger partial charge is 0.228 e. The van der Waals surface area contributed by atoms with Crippen LogP contribution in [0.4, 0.5) is 5.69 Å². The Kier molecular flexibility index (Phi) is 4.20. The first-order valence-electron chi connectivity index (χ1n) is 7.93. The van der Waals surface area contributed by atoms with Crippen LogP contribution >= 0.6 is 0 Å². The maximum atomic E-state index is 12.4. The van der Waals surface area contributed by atoms with Gasteiger partial charge in [-0.05, 0) is 49.6 Å². The Labute approximate surface area is 136 Å². The number of carbonyl (C=O) groups excluding carboxylic acids is 1. The third kappa shape index (κ3) is 3.29. The van der Waals surface area contributed by atoms with E-state index in [-0.39, 0.29) is 5.91 Å². The minimum absolute atomic E-state index is 0.0263. The Morgan fingerprint density at radius 1 is 1.13 bits per heavy atom. The van der Waals surface area contributed by atoms with Gasteiger partial charge in [-0.25, -0.2) is 0 Å². The van der Waals surface area contributed by atoms with Crippen LogP contribution in [0.2, 0.25) is 0 Å². The zero-order chi connectivity index (χ0) is 16.4. The van der Waals surface area contributed by atoms with Crippen LogP contribution < -0.4 is 5.32 Å². The third-order valence-electron chi connectivity index (χ3n) is 4.13. The topological polar surface area (TPSA) is 42.2 Å². The molecule has 1 aromatic heterocycles. The standard InChI is InChI=1S/C20H21NO2/c1-4-15-6-8-19-17(10-15)16(12-23-19)11-20(22)21-18-7-5-13(2)9-14(18)3/h5-10,12H,4,11H2,1-3H3,(H,21,22). The molecule has 0 saturated heterocycles. The maximum absolute atomic E-state index is 12.4. The molecule has 1 amide bonds. The number of hydrogen-bond acceptors (Lipinski definition) is 2. The fraction of sp³-hybridized carbons (Fsp3) is 0.250. The molecule has 3 heteroatoms. The molecule has 1 heterocycles. The highest BCUT2D eigenvalue weighted by Gasteiger charge is 2.12. The second-order valence-corrected chi connectivity index (χ2v) is 5.99. The summed E-state index contributed by atoms with van der Waals surface area (Å²) in [6.45, 7) is 6.17. The van der Waals surface area contributed by atoms with Gasteiger partial charge in [0.15, 0.2) is 0 Å². The van der Waals surface area contributed by atoms with E-state index in [0.29, 0.717) is 6.42 Å².